The Morgan fingerprint density at radius 2 is 1.13 bits per heavy atom. The molecule has 0 unspecified atom stereocenters. The lowest BCUT2D eigenvalue weighted by atomic mass is 9.72. The third-order valence-electron chi connectivity index (χ3n) is 22.1. The van der Waals surface area contributed by atoms with Crippen LogP contribution in [0.4, 0.5) is 40.6 Å². The number of methoxy groups -OCH3 is 1. The number of carboxylic acids is 6. The summed E-state index contributed by atoms with van der Waals surface area (Å²) in [6.45, 7) is 6.46. The van der Waals surface area contributed by atoms with Crippen molar-refractivity contribution >= 4 is 169 Å². The first-order valence-corrected chi connectivity index (χ1v) is 43.4. The monoisotopic (exact) mass is 1970 g/mol. The highest BCUT2D eigenvalue weighted by molar-refractivity contribution is 7.71. The Bertz CT molecular complexity index is 6250. The Hall–Kier alpha value is -14.9. The Labute approximate surface area is 799 Å². The number of alkyl halides is 2. The molecule has 4 aliphatic rings. The summed E-state index contributed by atoms with van der Waals surface area (Å²) < 4.78 is 18.0. The molecule has 25 N–H and O–H groups in total. The van der Waals surface area contributed by atoms with Crippen molar-refractivity contribution < 1.29 is 118 Å². The van der Waals surface area contributed by atoms with Gasteiger partial charge in [-0.25, -0.2) is 39.5 Å². The third kappa shape index (κ3) is 25.4. The maximum Gasteiger partial charge on any atom is 0.326 e. The first-order valence-electron chi connectivity index (χ1n) is 41.9. The average Bonchev–Trinajstić information content (AvgIpc) is 0.730. The zero-order valence-corrected chi connectivity index (χ0v) is 77.6. The number of aliphatic carboxylic acids is 6. The van der Waals surface area contributed by atoms with Crippen LogP contribution in [0.5, 0.6) is 17.2 Å². The van der Waals surface area contributed by atoms with E-state index in [2.05, 4.69) is 75.3 Å². The van der Waals surface area contributed by atoms with Gasteiger partial charge >= 0.3 is 29.8 Å². The number of nitrogens with one attached hydrogen (secondary N) is 4. The molecule has 2 amide bonds. The number of carboxylic acid groups (broad SMARTS) is 6. The van der Waals surface area contributed by atoms with E-state index in [0.717, 1.165) is 53.8 Å². The number of amides is 2. The molecule has 10 atom stereocenters. The SMILES string of the molecule is CC(=O)O.CN(Cc1cnc2nc(N)nc(N)c2n1)c1ccc(C(=O)N[C@@H](CCC(=O)O)C(=O)O)cc1.CN(Cc1cnc2nc(N)nc(N)c2n1)c1ccc(C(=O)N[C@@H](CCC(=O)O)C(=O)O)cc1.CO[C@@H]1C[C@](C)(O)Cc2cc3c(c(O)c21)C(=O)c1c(O)cc2c(c1C3=O)O[C@@H]1O[C@@]2(C)[C@H](O)[C@@H](N(C)C)[C@@H]1O.N[C@@H](Cc1ccc(N(CCCl)CCCl)cc1)C(=O)O.S=c1nc[nH]c2nc[nH]c12. The minimum absolute atomic E-state index is 0.0138. The summed E-state index contributed by atoms with van der Waals surface area (Å²) in [5, 5.41) is 112. The van der Waals surface area contributed by atoms with E-state index in [9.17, 15) is 78.9 Å². The van der Waals surface area contributed by atoms with Gasteiger partial charge in [-0.2, -0.15) is 19.9 Å². The number of nitrogen functional groups attached to an aromatic ring is 4. The lowest BCUT2D eigenvalue weighted by Gasteiger charge is -2.53. The number of nitrogens with two attached hydrogens (primary N) is 5. The van der Waals surface area contributed by atoms with Gasteiger partial charge in [0.1, 0.15) is 58.7 Å². The van der Waals surface area contributed by atoms with E-state index < -0.39 is 131 Å². The molecule has 1 saturated heterocycles. The summed E-state index contributed by atoms with van der Waals surface area (Å²) in [7, 11) is 8.43. The van der Waals surface area contributed by atoms with Crippen LogP contribution in [-0.2, 0) is 69.8 Å². The molecule has 0 spiro atoms. The smallest absolute Gasteiger partial charge is 0.326 e. The topological polar surface area (TPSA) is 749 Å². The lowest BCUT2D eigenvalue weighted by Crippen LogP contribution is -2.68. The van der Waals surface area contributed by atoms with Crippen molar-refractivity contribution in [3.63, 3.8) is 0 Å². The second kappa shape index (κ2) is 45.6. The van der Waals surface area contributed by atoms with Gasteiger partial charge in [-0.3, -0.25) is 38.4 Å². The van der Waals surface area contributed by atoms with Gasteiger partial charge in [0.2, 0.25) is 24.0 Å². The van der Waals surface area contributed by atoms with Crippen LogP contribution in [0.25, 0.3) is 33.5 Å². The van der Waals surface area contributed by atoms with Gasteiger partial charge in [0, 0.05) is 124 Å². The van der Waals surface area contributed by atoms with Crippen molar-refractivity contribution in [1.82, 2.24) is 75.3 Å². The van der Waals surface area contributed by atoms with E-state index in [4.69, 9.17) is 104 Å². The zero-order chi connectivity index (χ0) is 101. The van der Waals surface area contributed by atoms with Crippen molar-refractivity contribution in [2.24, 2.45) is 5.73 Å². The van der Waals surface area contributed by atoms with Crippen LogP contribution >= 0.6 is 35.4 Å². The Kier molecular flexibility index (Phi) is 34.8. The van der Waals surface area contributed by atoms with Gasteiger partial charge in [0.15, 0.2) is 50.0 Å². The van der Waals surface area contributed by atoms with Gasteiger partial charge < -0.3 is 139 Å². The maximum absolute atomic E-state index is 14.1. The standard InChI is InChI=1S/C28H31NO10.2C20H22N8O5.C13H18Cl2N2O2.C5H4N4S.C2H4O2/c1-27(36)8-10-6-11-16(21(32)15(10)14(9-27)37-5)22(33)17-13(30)7-12-24(18(17)20(11)31)38-26-23(34)19(29(3)4)25(35)28(12,2)39-26;2*1-28(9-11-8-23-17-15(24-11)16(21)26-20(22)27-17)12-4-2-10(3-5-12)18(31)25-13(19(32)33)6-7-14(29)30;14-5-7-17(8-6-15)11-3-1-10(2-4-11)9-12(16)13(18)19;10-5-3-4(7-1-6-3)8-2-9-5;1-2(3)4/h6-7,14,19,23,25-26,30,32,34-36H,8-9H2,1-5H3;2*2-5,8,13H,6-7,9H2,1H3,(H,25,31)(H,29,30)(H,32,33)(H4,21,22,23,26,27);1-4,12H,5-9,16H2,(H,18,19);1-2H,(H2,6,7,8,9,10);1H3,(H,3,4)/t14-,19+,23+,25-,26-,27-,28-;2*13-;12-;;/m1000../s1. The van der Waals surface area contributed by atoms with Gasteiger partial charge in [-0.15, -0.1) is 23.2 Å². The zero-order valence-electron chi connectivity index (χ0n) is 75.2. The van der Waals surface area contributed by atoms with Crippen LogP contribution in [-0.4, -0.2) is 288 Å². The molecular formula is C88H101Cl2N23O24S. The molecule has 2 bridgehead atoms. The number of carbonyl (C=O) groups excluding carboxylic acids is 4. The first-order chi connectivity index (χ1) is 65.2. The largest absolute Gasteiger partial charge is 0.507 e. The van der Waals surface area contributed by atoms with Crippen molar-refractivity contribution in [1.29, 1.82) is 0 Å². The van der Waals surface area contributed by atoms with Gasteiger partial charge in [0.05, 0.1) is 84.0 Å². The van der Waals surface area contributed by atoms with E-state index in [1.165, 1.54) is 49.8 Å². The highest BCUT2D eigenvalue weighted by Crippen LogP contribution is 2.55. The summed E-state index contributed by atoms with van der Waals surface area (Å²) in [6.07, 6.45) is 1.07. The minimum atomic E-state index is -1.50. The van der Waals surface area contributed by atoms with Crippen molar-refractivity contribution in [3.8, 4) is 17.2 Å². The normalized spacial score (nSPS) is 18.0. The van der Waals surface area contributed by atoms with Crippen LogP contribution in [0, 0.1) is 4.64 Å². The second-order valence-corrected chi connectivity index (χ2v) is 33.7. The number of carbonyl (C=O) groups is 10. The molecule has 1 fully saturated rings. The van der Waals surface area contributed by atoms with Crippen LogP contribution in [0.2, 0.25) is 0 Å². The van der Waals surface area contributed by atoms with Crippen molar-refractivity contribution in [3.05, 3.63) is 182 Å². The highest BCUT2D eigenvalue weighted by atomic mass is 35.5. The lowest BCUT2D eigenvalue weighted by molar-refractivity contribution is -0.311. The molecule has 50 heteroatoms. The molecule has 0 radical (unpaired) electrons. The number of fused-ring (bicyclic) bond motifs is 11. The van der Waals surface area contributed by atoms with E-state index in [-0.39, 0.29) is 107 Å². The number of halogens is 2. The number of nitrogens with zero attached hydrogens (tertiary/aromatic N) is 14. The number of anilines is 7. The highest BCUT2D eigenvalue weighted by Gasteiger charge is 2.59. The number of imidazole rings is 1. The minimum Gasteiger partial charge on any atom is -0.507 e. The summed E-state index contributed by atoms with van der Waals surface area (Å²) in [5.74, 6) is -9.11. The second-order valence-electron chi connectivity index (χ2n) is 32.5. The molecule has 0 saturated carbocycles. The predicted octanol–water partition coefficient (Wildman–Crippen LogP) is 4.44. The fraction of sp³-hybridized carbons (Fsp3) is 0.352. The van der Waals surface area contributed by atoms with Crippen molar-refractivity contribution in [2.75, 3.05) is 97.8 Å². The third-order valence-corrected chi connectivity index (χ3v) is 22.8. The molecule has 47 nitrogen and oxygen atoms in total. The molecule has 138 heavy (non-hydrogen) atoms. The number of aromatic hydroxyl groups is 2. The fourth-order valence-electron chi connectivity index (χ4n) is 15.4. The molecule has 11 aromatic rings. The number of hydrogen-bond acceptors (Lipinski definition) is 38. The van der Waals surface area contributed by atoms with E-state index in [1.807, 2.05) is 48.2 Å². The van der Waals surface area contributed by atoms with E-state index in [0.29, 0.717) is 80.8 Å². The Balaban J connectivity index is 0.000000184. The Morgan fingerprint density at radius 1 is 0.645 bits per heavy atom. The molecule has 732 valence electrons. The number of phenolic OH excluding ortho intramolecular Hbond substituents is 2. The molecular weight excluding hydrogens is 1870 g/mol. The quantitative estimate of drug-likeness (QED) is 0.0238. The van der Waals surface area contributed by atoms with E-state index >= 15 is 0 Å². The summed E-state index contributed by atoms with van der Waals surface area (Å²) in [6, 6.07) is 19.0. The maximum atomic E-state index is 14.1. The summed E-state index contributed by atoms with van der Waals surface area (Å²) in [4.78, 5) is 170. The number of aliphatic hydroxyl groups is 3. The number of aliphatic hydroxyl groups excluding tert-OH is 2. The average molecular weight is 1970 g/mol. The molecule has 2 aliphatic carbocycles. The van der Waals surface area contributed by atoms with Gasteiger partial charge in [-0.1, -0.05) is 24.4 Å². The van der Waals surface area contributed by atoms with Crippen LogP contribution < -0.4 is 58.7 Å². The van der Waals surface area contributed by atoms with Gasteiger partial charge in [0.25, 0.3) is 17.8 Å². The Morgan fingerprint density at radius 3 is 1.58 bits per heavy atom. The molecule has 5 aromatic carbocycles. The number of aromatic amines is 2. The predicted molar refractivity (Wildman–Crippen MR) is 502 cm³/mol. The number of hydrogen-bond donors (Lipinski definition) is 20. The number of likely N-dealkylation sites (N-methyl/N-ethyl adjacent to an activating group) is 1. The molecule has 6 aromatic heterocycles. The summed E-state index contributed by atoms with van der Waals surface area (Å²) in [5.41, 5.74) is 33.6. The number of benzene rings is 5. The fourth-order valence-corrected chi connectivity index (χ4v) is 16.0. The van der Waals surface area contributed by atoms with E-state index in [1.54, 1.807) is 75.8 Å². The van der Waals surface area contributed by atoms with Crippen LogP contribution in [0.3, 0.4) is 0 Å². The number of H-pyrrole nitrogens is 2. The number of ether oxygens (including phenoxy) is 3. The first kappa shape index (κ1) is 105. The van der Waals surface area contributed by atoms with Crippen molar-refractivity contribution in [2.45, 2.75) is 139 Å². The van der Waals surface area contributed by atoms with Crippen LogP contribution in [0.1, 0.15) is 145 Å². The number of rotatable bonds is 28. The molecule has 2 aliphatic heterocycles. The molecule has 15 rings (SSSR count). The molecule has 8 heterocycles. The number of aromatic nitrogens is 12. The summed E-state index contributed by atoms with van der Waals surface area (Å²) >= 11 is 16.4. The van der Waals surface area contributed by atoms with Gasteiger partial charge in [-0.05, 0) is 131 Å². The number of phenols is 2. The number of ketones is 2. The van der Waals surface area contributed by atoms with Crippen LogP contribution in [0.15, 0.2) is 110 Å².